The molecule has 1 fully saturated rings. The molecule has 8 heteroatoms. The van der Waals surface area contributed by atoms with E-state index in [0.717, 1.165) is 34.8 Å². The summed E-state index contributed by atoms with van der Waals surface area (Å²) in [5.41, 5.74) is 0.843. The second-order valence-electron chi connectivity index (χ2n) is 5.44. The fraction of sp³-hybridized carbons (Fsp3) is 0.235. The van der Waals surface area contributed by atoms with Crippen LogP contribution >= 0.6 is 23.1 Å². The Bertz CT molecular complexity index is 815. The number of imide groups is 1. The number of anilines is 1. The van der Waals surface area contributed by atoms with Gasteiger partial charge in [-0.3, -0.25) is 14.9 Å². The second kappa shape index (κ2) is 7.71. The Hall–Kier alpha value is -2.32. The minimum atomic E-state index is -0.351. The summed E-state index contributed by atoms with van der Waals surface area (Å²) in [7, 11) is 1.99. The molecule has 1 aliphatic rings. The number of aromatic nitrogens is 1. The Labute approximate surface area is 153 Å². The molecule has 0 unspecified atom stereocenters. The molecule has 2 heterocycles. The van der Waals surface area contributed by atoms with Crippen molar-refractivity contribution in [1.82, 2.24) is 10.3 Å². The van der Waals surface area contributed by atoms with Crippen LogP contribution in [0.1, 0.15) is 10.4 Å². The highest BCUT2D eigenvalue weighted by molar-refractivity contribution is 8.18. The lowest BCUT2D eigenvalue weighted by Crippen LogP contribution is -2.23. The predicted molar refractivity (Wildman–Crippen MR) is 101 cm³/mol. The van der Waals surface area contributed by atoms with E-state index in [9.17, 15) is 9.59 Å². The lowest BCUT2D eigenvalue weighted by molar-refractivity contribution is -0.115. The third-order valence-corrected chi connectivity index (χ3v) is 5.29. The molecule has 1 aromatic carbocycles. The van der Waals surface area contributed by atoms with Crippen LogP contribution in [0.4, 0.5) is 9.93 Å². The van der Waals surface area contributed by atoms with Gasteiger partial charge < -0.3 is 9.64 Å². The molecule has 0 spiro atoms. The zero-order valence-electron chi connectivity index (χ0n) is 13.8. The summed E-state index contributed by atoms with van der Waals surface area (Å²) in [6, 6.07) is 7.40. The number of carbonyl (C=O) groups is 2. The van der Waals surface area contributed by atoms with Crippen LogP contribution in [0.15, 0.2) is 35.4 Å². The number of hydrogen-bond donors (Lipinski definition) is 1. The summed E-state index contributed by atoms with van der Waals surface area (Å²) in [5.74, 6) is 0.404. The number of thiazole rings is 1. The molecule has 6 nitrogen and oxygen atoms in total. The Balaban J connectivity index is 1.52. The molecule has 2 amide bonds. The summed E-state index contributed by atoms with van der Waals surface area (Å²) in [4.78, 5) is 30.7. The molecule has 3 rings (SSSR count). The number of nitrogens with one attached hydrogen (secondary N) is 1. The molecule has 0 radical (unpaired) electrons. The highest BCUT2D eigenvalue weighted by atomic mass is 32.2. The minimum Gasteiger partial charge on any atom is -0.492 e. The van der Waals surface area contributed by atoms with Gasteiger partial charge in [0.05, 0.1) is 11.4 Å². The molecular formula is C17H17N3O3S2. The maximum absolute atomic E-state index is 11.5. The Kier molecular flexibility index (Phi) is 5.40. The maximum atomic E-state index is 11.5. The number of ether oxygens (including phenoxy) is 1. The Morgan fingerprint density at radius 2 is 2.04 bits per heavy atom. The fourth-order valence-corrected chi connectivity index (χ4v) is 3.58. The van der Waals surface area contributed by atoms with Gasteiger partial charge in [0.15, 0.2) is 5.13 Å². The van der Waals surface area contributed by atoms with Crippen LogP contribution in [0.5, 0.6) is 5.75 Å². The smallest absolute Gasteiger partial charge is 0.290 e. The first-order valence-electron chi connectivity index (χ1n) is 7.62. The van der Waals surface area contributed by atoms with Crippen LogP contribution in [0, 0.1) is 6.92 Å². The van der Waals surface area contributed by atoms with Gasteiger partial charge in [-0.15, -0.1) is 11.3 Å². The van der Waals surface area contributed by atoms with Crippen LogP contribution in [-0.4, -0.2) is 36.3 Å². The standard InChI is InChI=1S/C17H17N3O3S2/c1-11-10-18-16(24-11)20(2)7-8-23-13-5-3-12(4-6-13)9-14-15(21)19-17(22)25-14/h3-6,9-10H,7-8H2,1-2H3,(H,19,21,22). The van der Waals surface area contributed by atoms with Crippen molar-refractivity contribution in [3.05, 3.63) is 45.8 Å². The molecule has 25 heavy (non-hydrogen) atoms. The van der Waals surface area contributed by atoms with Crippen molar-refractivity contribution >= 4 is 45.5 Å². The van der Waals surface area contributed by atoms with Crippen molar-refractivity contribution in [2.24, 2.45) is 0 Å². The van der Waals surface area contributed by atoms with Gasteiger partial charge in [-0.25, -0.2) is 4.98 Å². The summed E-state index contributed by atoms with van der Waals surface area (Å²) in [5, 5.41) is 2.87. The maximum Gasteiger partial charge on any atom is 0.290 e. The molecular weight excluding hydrogens is 358 g/mol. The molecule has 1 N–H and O–H groups in total. The largest absolute Gasteiger partial charge is 0.492 e. The van der Waals surface area contributed by atoms with Crippen LogP contribution in [0.2, 0.25) is 0 Å². The normalized spacial score (nSPS) is 15.5. The van der Waals surface area contributed by atoms with Crippen molar-refractivity contribution < 1.29 is 14.3 Å². The third kappa shape index (κ3) is 4.61. The third-order valence-electron chi connectivity index (χ3n) is 3.45. The molecule has 0 aliphatic carbocycles. The zero-order valence-corrected chi connectivity index (χ0v) is 15.4. The summed E-state index contributed by atoms with van der Waals surface area (Å²) < 4.78 is 5.74. The molecule has 0 atom stereocenters. The number of nitrogens with zero attached hydrogens (tertiary/aromatic N) is 2. The van der Waals surface area contributed by atoms with E-state index >= 15 is 0 Å². The van der Waals surface area contributed by atoms with Crippen LogP contribution < -0.4 is 15.0 Å². The minimum absolute atomic E-state index is 0.337. The van der Waals surface area contributed by atoms with Crippen molar-refractivity contribution in [2.45, 2.75) is 6.92 Å². The number of benzene rings is 1. The summed E-state index contributed by atoms with van der Waals surface area (Å²) in [6.07, 6.45) is 3.55. The van der Waals surface area contributed by atoms with Gasteiger partial charge in [0.1, 0.15) is 12.4 Å². The molecule has 0 bridgehead atoms. The SMILES string of the molecule is Cc1cnc(N(C)CCOc2ccc(C=C3SC(=O)NC3=O)cc2)s1. The van der Waals surface area contributed by atoms with E-state index in [0.29, 0.717) is 11.5 Å². The number of aryl methyl sites for hydroxylation is 1. The van der Waals surface area contributed by atoms with Crippen LogP contribution in [0.25, 0.3) is 6.08 Å². The van der Waals surface area contributed by atoms with Gasteiger partial charge >= 0.3 is 0 Å². The van der Waals surface area contributed by atoms with E-state index in [1.807, 2.05) is 44.4 Å². The van der Waals surface area contributed by atoms with Gasteiger partial charge in [0.2, 0.25) is 0 Å². The number of rotatable bonds is 6. The summed E-state index contributed by atoms with van der Waals surface area (Å²) in [6.45, 7) is 3.31. The fourth-order valence-electron chi connectivity index (χ4n) is 2.15. The lowest BCUT2D eigenvalue weighted by Gasteiger charge is -2.16. The number of amides is 2. The zero-order chi connectivity index (χ0) is 17.8. The summed E-state index contributed by atoms with van der Waals surface area (Å²) >= 11 is 2.56. The average molecular weight is 375 g/mol. The highest BCUT2D eigenvalue weighted by Gasteiger charge is 2.24. The number of carbonyl (C=O) groups excluding carboxylic acids is 2. The van der Waals surface area contributed by atoms with Crippen LogP contribution in [-0.2, 0) is 4.79 Å². The average Bonchev–Trinajstić information content (AvgIpc) is 3.14. The monoisotopic (exact) mass is 375 g/mol. The van der Waals surface area contributed by atoms with Gasteiger partial charge in [-0.05, 0) is 42.5 Å². The Morgan fingerprint density at radius 3 is 2.64 bits per heavy atom. The van der Waals surface area contributed by atoms with Gasteiger partial charge in [0, 0.05) is 18.1 Å². The van der Waals surface area contributed by atoms with E-state index in [2.05, 4.69) is 15.2 Å². The van der Waals surface area contributed by atoms with Crippen molar-refractivity contribution in [3.8, 4) is 5.75 Å². The predicted octanol–water partition coefficient (Wildman–Crippen LogP) is 3.29. The molecule has 2 aromatic rings. The highest BCUT2D eigenvalue weighted by Crippen LogP contribution is 2.26. The number of hydrogen-bond acceptors (Lipinski definition) is 7. The van der Waals surface area contributed by atoms with E-state index < -0.39 is 0 Å². The second-order valence-corrected chi connectivity index (χ2v) is 7.67. The van der Waals surface area contributed by atoms with E-state index in [4.69, 9.17) is 4.74 Å². The molecule has 130 valence electrons. The van der Waals surface area contributed by atoms with E-state index in [-0.39, 0.29) is 11.1 Å². The first-order valence-corrected chi connectivity index (χ1v) is 9.26. The first-order chi connectivity index (χ1) is 12.0. The van der Waals surface area contributed by atoms with Crippen LogP contribution in [0.3, 0.4) is 0 Å². The quantitative estimate of drug-likeness (QED) is 0.781. The van der Waals surface area contributed by atoms with Gasteiger partial charge in [0.25, 0.3) is 11.1 Å². The van der Waals surface area contributed by atoms with E-state index in [1.54, 1.807) is 17.4 Å². The van der Waals surface area contributed by atoms with E-state index in [1.165, 1.54) is 4.88 Å². The van der Waals surface area contributed by atoms with Gasteiger partial charge in [-0.1, -0.05) is 12.1 Å². The molecule has 0 saturated carbocycles. The van der Waals surface area contributed by atoms with Crippen molar-refractivity contribution in [2.75, 3.05) is 25.1 Å². The first kappa shape index (κ1) is 17.5. The van der Waals surface area contributed by atoms with Crippen molar-refractivity contribution in [3.63, 3.8) is 0 Å². The number of likely N-dealkylation sites (N-methyl/N-ethyl adjacent to an activating group) is 1. The van der Waals surface area contributed by atoms with Gasteiger partial charge in [-0.2, -0.15) is 0 Å². The molecule has 1 aromatic heterocycles. The topological polar surface area (TPSA) is 71.5 Å². The van der Waals surface area contributed by atoms with Crippen molar-refractivity contribution in [1.29, 1.82) is 0 Å². The Morgan fingerprint density at radius 1 is 1.28 bits per heavy atom. The molecule has 1 aliphatic heterocycles. The lowest BCUT2D eigenvalue weighted by atomic mass is 10.2. The number of thioether (sulfide) groups is 1. The molecule has 1 saturated heterocycles.